The minimum absolute atomic E-state index is 0.0245. The third-order valence-corrected chi connectivity index (χ3v) is 15.0. The van der Waals surface area contributed by atoms with Crippen LogP contribution in [0.4, 0.5) is 26.3 Å². The molecule has 0 aromatic heterocycles. The SMILES string of the molecule is COc1ccccc1P(=O)(CCP(=S)(c1ccc(C(F)(F)F)cc1)c1ccc(C(F)(F)F)cc1)c1ccccc1. The van der Waals surface area contributed by atoms with E-state index in [0.29, 0.717) is 27.0 Å². The van der Waals surface area contributed by atoms with Gasteiger partial charge in [0.25, 0.3) is 0 Å². The van der Waals surface area contributed by atoms with Gasteiger partial charge in [-0.25, -0.2) is 0 Å². The van der Waals surface area contributed by atoms with Gasteiger partial charge < -0.3 is 9.30 Å². The van der Waals surface area contributed by atoms with Crippen LogP contribution in [0.1, 0.15) is 11.1 Å². The van der Waals surface area contributed by atoms with E-state index in [2.05, 4.69) is 0 Å². The third kappa shape index (κ3) is 6.22. The molecule has 4 rings (SSSR count). The molecule has 1 unspecified atom stereocenters. The summed E-state index contributed by atoms with van der Waals surface area (Å²) in [6, 6.07) is 21.3. The van der Waals surface area contributed by atoms with Crippen molar-refractivity contribution in [2.24, 2.45) is 0 Å². The lowest BCUT2D eigenvalue weighted by Gasteiger charge is -2.28. The summed E-state index contributed by atoms with van der Waals surface area (Å²) in [7, 11) is -1.95. The van der Waals surface area contributed by atoms with Crippen LogP contribution in [0.3, 0.4) is 0 Å². The summed E-state index contributed by atoms with van der Waals surface area (Å²) >= 11 is 6.13. The highest BCUT2D eigenvalue weighted by Crippen LogP contribution is 2.52. The predicted molar refractivity (Wildman–Crippen MR) is 152 cm³/mol. The number of methoxy groups -OCH3 is 1. The molecule has 0 N–H and O–H groups in total. The van der Waals surface area contributed by atoms with E-state index < -0.39 is 36.7 Å². The Morgan fingerprint density at radius 1 is 0.625 bits per heavy atom. The fraction of sp³-hybridized carbons (Fsp3) is 0.172. The van der Waals surface area contributed by atoms with Crippen molar-refractivity contribution in [2.45, 2.75) is 12.4 Å². The van der Waals surface area contributed by atoms with Crippen molar-refractivity contribution in [3.05, 3.63) is 114 Å². The number of hydrogen-bond acceptors (Lipinski definition) is 3. The van der Waals surface area contributed by atoms with Crippen LogP contribution in [0.5, 0.6) is 5.75 Å². The van der Waals surface area contributed by atoms with Gasteiger partial charge in [-0.1, -0.05) is 78.5 Å². The zero-order valence-electron chi connectivity index (χ0n) is 21.1. The molecular formula is C29H24F6O2P2S. The second kappa shape index (κ2) is 11.6. The van der Waals surface area contributed by atoms with Crippen molar-refractivity contribution >= 4 is 46.2 Å². The molecule has 40 heavy (non-hydrogen) atoms. The van der Waals surface area contributed by atoms with Gasteiger partial charge in [0, 0.05) is 17.5 Å². The maximum atomic E-state index is 14.9. The van der Waals surface area contributed by atoms with Crippen LogP contribution >= 0.6 is 13.2 Å². The second-order valence-corrected chi connectivity index (χ2v) is 16.8. The van der Waals surface area contributed by atoms with Crippen LogP contribution in [-0.2, 0) is 28.7 Å². The summed E-state index contributed by atoms with van der Waals surface area (Å²) in [5.41, 5.74) is -1.73. The molecule has 0 saturated carbocycles. The molecule has 0 saturated heterocycles. The maximum absolute atomic E-state index is 14.9. The predicted octanol–water partition coefficient (Wildman–Crippen LogP) is 7.18. The lowest BCUT2D eigenvalue weighted by atomic mass is 10.2. The zero-order valence-corrected chi connectivity index (χ0v) is 23.7. The molecule has 0 aliphatic rings. The second-order valence-electron chi connectivity index (χ2n) is 9.02. The number of alkyl halides is 6. The standard InChI is InChI=1S/C29H24F6O2P2S/c1-37-26-9-5-6-10-27(26)38(36,23-7-3-2-4-8-23)19-20-39(40,24-15-11-21(12-16-24)28(30,31)32)25-17-13-22(14-18-25)29(33,34)35/h2-18H,19-20H2,1H3. The normalized spacial score (nSPS) is 14.0. The minimum atomic E-state index is -4.57. The van der Waals surface area contributed by atoms with Gasteiger partial charge in [0.2, 0.25) is 0 Å². The fourth-order valence-electron chi connectivity index (χ4n) is 4.46. The summed E-state index contributed by atoms with van der Waals surface area (Å²) in [4.78, 5) is 0. The van der Waals surface area contributed by atoms with Crippen LogP contribution in [0.25, 0.3) is 0 Å². The average molecular weight is 613 g/mol. The Morgan fingerprint density at radius 2 is 1.07 bits per heavy atom. The zero-order chi connectivity index (χ0) is 29.2. The Hall–Kier alpha value is -2.86. The van der Waals surface area contributed by atoms with Crippen molar-refractivity contribution in [3.8, 4) is 5.75 Å². The van der Waals surface area contributed by atoms with E-state index in [0.717, 1.165) is 24.3 Å². The van der Waals surface area contributed by atoms with Gasteiger partial charge in [0.1, 0.15) is 12.9 Å². The van der Waals surface area contributed by atoms with Gasteiger partial charge in [-0.2, -0.15) is 26.3 Å². The molecule has 0 radical (unpaired) electrons. The molecule has 210 valence electrons. The van der Waals surface area contributed by atoms with Crippen molar-refractivity contribution in [3.63, 3.8) is 0 Å². The summed E-state index contributed by atoms with van der Waals surface area (Å²) in [6.45, 7) is 0. The quantitative estimate of drug-likeness (QED) is 0.156. The molecule has 0 fully saturated rings. The minimum Gasteiger partial charge on any atom is -0.496 e. The Bertz CT molecular complexity index is 1490. The summed E-state index contributed by atoms with van der Waals surface area (Å²) in [5.74, 6) is 0.409. The molecule has 0 heterocycles. The summed E-state index contributed by atoms with van der Waals surface area (Å²) < 4.78 is 100. The molecular weight excluding hydrogens is 588 g/mol. The highest BCUT2D eigenvalue weighted by Gasteiger charge is 2.36. The lowest BCUT2D eigenvalue weighted by molar-refractivity contribution is -0.138. The van der Waals surface area contributed by atoms with Gasteiger partial charge >= 0.3 is 12.4 Å². The fourth-order valence-corrected chi connectivity index (χ4v) is 12.5. The van der Waals surface area contributed by atoms with Crippen molar-refractivity contribution in [2.75, 3.05) is 19.4 Å². The Labute approximate surface area is 233 Å². The molecule has 0 spiro atoms. The van der Waals surface area contributed by atoms with Gasteiger partial charge in [-0.3, -0.25) is 0 Å². The molecule has 1 atom stereocenters. The van der Waals surface area contributed by atoms with Crippen molar-refractivity contribution < 1.29 is 35.6 Å². The summed E-state index contributed by atoms with van der Waals surface area (Å²) in [6.07, 6.45) is -9.02. The van der Waals surface area contributed by atoms with E-state index in [1.165, 1.54) is 31.4 Å². The van der Waals surface area contributed by atoms with Crippen LogP contribution in [0.15, 0.2) is 103 Å². The Morgan fingerprint density at radius 3 is 1.52 bits per heavy atom. The topological polar surface area (TPSA) is 26.3 Å². The third-order valence-electron chi connectivity index (χ3n) is 6.60. The van der Waals surface area contributed by atoms with E-state index in [1.54, 1.807) is 54.6 Å². The van der Waals surface area contributed by atoms with Gasteiger partial charge in [-0.15, -0.1) is 0 Å². The molecule has 0 bridgehead atoms. The smallest absolute Gasteiger partial charge is 0.416 e. The van der Waals surface area contributed by atoms with E-state index in [1.807, 2.05) is 0 Å². The van der Waals surface area contributed by atoms with Crippen LogP contribution in [-0.4, -0.2) is 19.4 Å². The number of ether oxygens (including phenoxy) is 1. The maximum Gasteiger partial charge on any atom is 0.416 e. The van der Waals surface area contributed by atoms with Crippen molar-refractivity contribution in [1.82, 2.24) is 0 Å². The first-order valence-corrected chi connectivity index (χ1v) is 16.9. The van der Waals surface area contributed by atoms with E-state index in [-0.39, 0.29) is 12.3 Å². The lowest BCUT2D eigenvalue weighted by Crippen LogP contribution is -2.25. The van der Waals surface area contributed by atoms with E-state index >= 15 is 0 Å². The van der Waals surface area contributed by atoms with E-state index in [9.17, 15) is 30.9 Å². The highest BCUT2D eigenvalue weighted by molar-refractivity contribution is 8.22. The molecule has 0 aliphatic heterocycles. The average Bonchev–Trinajstić information content (AvgIpc) is 2.95. The summed E-state index contributed by atoms with van der Waals surface area (Å²) in [5, 5.41) is 1.77. The van der Waals surface area contributed by atoms with Gasteiger partial charge in [0.05, 0.1) is 23.5 Å². The number of hydrogen-bond donors (Lipinski definition) is 0. The number of rotatable bonds is 8. The van der Waals surface area contributed by atoms with Gasteiger partial charge in [-0.05, 0) is 53.2 Å². The molecule has 0 amide bonds. The van der Waals surface area contributed by atoms with Crippen LogP contribution in [0.2, 0.25) is 0 Å². The number of benzene rings is 4. The molecule has 4 aromatic carbocycles. The Kier molecular flexibility index (Phi) is 8.70. The van der Waals surface area contributed by atoms with E-state index in [4.69, 9.17) is 16.5 Å². The largest absolute Gasteiger partial charge is 0.496 e. The number of para-hydroxylation sites is 1. The van der Waals surface area contributed by atoms with Crippen LogP contribution in [0, 0.1) is 0 Å². The molecule has 4 aromatic rings. The Balaban J connectivity index is 1.84. The van der Waals surface area contributed by atoms with Crippen molar-refractivity contribution in [1.29, 1.82) is 0 Å². The first kappa shape index (κ1) is 30.1. The first-order chi connectivity index (χ1) is 18.8. The molecule has 0 aliphatic carbocycles. The highest BCUT2D eigenvalue weighted by atomic mass is 32.4. The molecule has 11 heteroatoms. The van der Waals surface area contributed by atoms with Crippen LogP contribution < -0.4 is 26.0 Å². The monoisotopic (exact) mass is 612 g/mol. The van der Waals surface area contributed by atoms with Gasteiger partial charge in [0.15, 0.2) is 0 Å². The first-order valence-electron chi connectivity index (χ1n) is 12.0. The molecule has 2 nitrogen and oxygen atoms in total. The number of halogens is 6.